The Bertz CT molecular complexity index is 574. The van der Waals surface area contributed by atoms with E-state index in [4.69, 9.17) is 4.74 Å². The summed E-state index contributed by atoms with van der Waals surface area (Å²) in [5.74, 6) is 1.47. The van der Waals surface area contributed by atoms with Gasteiger partial charge >= 0.3 is 0 Å². The van der Waals surface area contributed by atoms with Crippen molar-refractivity contribution < 1.29 is 4.74 Å². The van der Waals surface area contributed by atoms with Crippen molar-refractivity contribution in [3.8, 4) is 5.75 Å². The van der Waals surface area contributed by atoms with Gasteiger partial charge < -0.3 is 4.74 Å². The third kappa shape index (κ3) is 2.55. The molecule has 0 radical (unpaired) electrons. The van der Waals surface area contributed by atoms with Gasteiger partial charge in [0, 0.05) is 10.4 Å². The largest absolute Gasteiger partial charge is 0.497 e. The molecular weight excluding hydrogens is 300 g/mol. The topological polar surface area (TPSA) is 9.23 Å². The Hall–Kier alpha value is -1.28. The van der Waals surface area contributed by atoms with Crippen molar-refractivity contribution in [3.05, 3.63) is 63.6 Å². The highest BCUT2D eigenvalue weighted by Crippen LogP contribution is 2.38. The van der Waals surface area contributed by atoms with E-state index in [0.29, 0.717) is 5.92 Å². The van der Waals surface area contributed by atoms with Crippen LogP contribution in [-0.2, 0) is 6.42 Å². The van der Waals surface area contributed by atoms with Gasteiger partial charge in [-0.2, -0.15) is 0 Å². The van der Waals surface area contributed by atoms with E-state index in [1.165, 1.54) is 36.0 Å². The van der Waals surface area contributed by atoms with Crippen LogP contribution in [0.4, 0.5) is 0 Å². The lowest BCUT2D eigenvalue weighted by Crippen LogP contribution is -2.11. The summed E-state index contributed by atoms with van der Waals surface area (Å²) < 4.78 is 6.51. The average molecular weight is 317 g/mol. The fourth-order valence-corrected chi connectivity index (χ4v) is 3.21. The number of rotatable bonds is 2. The molecule has 0 aromatic heterocycles. The molecule has 1 atom stereocenters. The first kappa shape index (κ1) is 12.7. The maximum Gasteiger partial charge on any atom is 0.119 e. The van der Waals surface area contributed by atoms with Crippen LogP contribution in [0.2, 0.25) is 0 Å². The molecule has 2 heteroatoms. The van der Waals surface area contributed by atoms with Gasteiger partial charge in [-0.25, -0.2) is 0 Å². The molecule has 0 saturated carbocycles. The molecule has 1 aliphatic carbocycles. The van der Waals surface area contributed by atoms with E-state index < -0.39 is 0 Å². The number of benzene rings is 2. The molecule has 0 aliphatic heterocycles. The molecule has 0 N–H and O–H groups in total. The van der Waals surface area contributed by atoms with E-state index >= 15 is 0 Å². The van der Waals surface area contributed by atoms with Crippen molar-refractivity contribution in [2.75, 3.05) is 7.11 Å². The van der Waals surface area contributed by atoms with E-state index in [0.717, 1.165) is 10.2 Å². The summed E-state index contributed by atoms with van der Waals surface area (Å²) in [6, 6.07) is 15.2. The lowest BCUT2D eigenvalue weighted by Gasteiger charge is -2.26. The molecule has 0 spiro atoms. The van der Waals surface area contributed by atoms with E-state index in [1.54, 1.807) is 7.11 Å². The van der Waals surface area contributed by atoms with Gasteiger partial charge in [0.15, 0.2) is 0 Å². The molecule has 0 saturated heterocycles. The van der Waals surface area contributed by atoms with Crippen LogP contribution in [-0.4, -0.2) is 7.11 Å². The molecule has 0 heterocycles. The molecule has 0 fully saturated rings. The van der Waals surface area contributed by atoms with Crippen molar-refractivity contribution in [1.29, 1.82) is 0 Å². The summed E-state index contributed by atoms with van der Waals surface area (Å²) in [6.07, 6.45) is 3.67. The van der Waals surface area contributed by atoms with Crippen LogP contribution in [0.1, 0.15) is 35.4 Å². The first-order valence-corrected chi connectivity index (χ1v) is 7.49. The molecule has 19 heavy (non-hydrogen) atoms. The Morgan fingerprint density at radius 2 is 1.89 bits per heavy atom. The van der Waals surface area contributed by atoms with E-state index in [-0.39, 0.29) is 0 Å². The zero-order valence-electron chi connectivity index (χ0n) is 11.0. The quantitative estimate of drug-likeness (QED) is 0.763. The number of methoxy groups -OCH3 is 1. The highest BCUT2D eigenvalue weighted by molar-refractivity contribution is 9.10. The number of hydrogen-bond acceptors (Lipinski definition) is 1. The van der Waals surface area contributed by atoms with Gasteiger partial charge in [-0.3, -0.25) is 0 Å². The smallest absolute Gasteiger partial charge is 0.119 e. The van der Waals surface area contributed by atoms with Gasteiger partial charge in [-0.1, -0.05) is 34.1 Å². The molecule has 0 bridgehead atoms. The third-order valence-corrected chi connectivity index (χ3v) is 4.47. The summed E-state index contributed by atoms with van der Waals surface area (Å²) >= 11 is 3.50. The Morgan fingerprint density at radius 1 is 1.11 bits per heavy atom. The summed E-state index contributed by atoms with van der Waals surface area (Å²) in [5, 5.41) is 0. The molecular formula is C17H17BrO. The van der Waals surface area contributed by atoms with Crippen molar-refractivity contribution in [3.63, 3.8) is 0 Å². The number of hydrogen-bond donors (Lipinski definition) is 0. The zero-order chi connectivity index (χ0) is 13.2. The van der Waals surface area contributed by atoms with Gasteiger partial charge in [0.05, 0.1) is 7.11 Å². The second-order valence-corrected chi connectivity index (χ2v) is 5.98. The van der Waals surface area contributed by atoms with Crippen LogP contribution in [0.5, 0.6) is 5.75 Å². The van der Waals surface area contributed by atoms with E-state index in [2.05, 4.69) is 58.4 Å². The Labute approximate surface area is 122 Å². The second kappa shape index (κ2) is 5.38. The molecule has 2 aromatic rings. The van der Waals surface area contributed by atoms with Gasteiger partial charge in [0.25, 0.3) is 0 Å². The van der Waals surface area contributed by atoms with Crippen LogP contribution in [0, 0.1) is 0 Å². The van der Waals surface area contributed by atoms with Gasteiger partial charge in [0.1, 0.15) is 5.75 Å². The van der Waals surface area contributed by atoms with Gasteiger partial charge in [-0.15, -0.1) is 0 Å². The molecule has 0 amide bonds. The van der Waals surface area contributed by atoms with Crippen LogP contribution in [0.3, 0.4) is 0 Å². The minimum absolute atomic E-state index is 0.506. The highest BCUT2D eigenvalue weighted by atomic mass is 79.9. The number of aryl methyl sites for hydroxylation is 1. The lowest BCUT2D eigenvalue weighted by atomic mass is 9.79. The third-order valence-electron chi connectivity index (χ3n) is 3.94. The summed E-state index contributed by atoms with van der Waals surface area (Å²) in [4.78, 5) is 0. The van der Waals surface area contributed by atoms with Gasteiger partial charge in [-0.05, 0) is 60.2 Å². The van der Waals surface area contributed by atoms with Gasteiger partial charge in [0.2, 0.25) is 0 Å². The Morgan fingerprint density at radius 3 is 2.63 bits per heavy atom. The lowest BCUT2D eigenvalue weighted by molar-refractivity contribution is 0.413. The number of fused-ring (bicyclic) bond motifs is 1. The maximum absolute atomic E-state index is 5.38. The van der Waals surface area contributed by atoms with Crippen molar-refractivity contribution in [1.82, 2.24) is 0 Å². The van der Waals surface area contributed by atoms with Crippen molar-refractivity contribution in [2.24, 2.45) is 0 Å². The predicted molar refractivity (Wildman–Crippen MR) is 81.9 cm³/mol. The normalized spacial score (nSPS) is 17.9. The van der Waals surface area contributed by atoms with Crippen LogP contribution >= 0.6 is 15.9 Å². The minimum Gasteiger partial charge on any atom is -0.497 e. The zero-order valence-corrected chi connectivity index (χ0v) is 12.6. The van der Waals surface area contributed by atoms with Crippen LogP contribution < -0.4 is 4.74 Å². The summed E-state index contributed by atoms with van der Waals surface area (Å²) in [7, 11) is 1.74. The second-order valence-electron chi connectivity index (χ2n) is 5.06. The SMILES string of the molecule is COc1ccc2c(c1)C(c1ccc(Br)cc1)CCC2. The summed E-state index contributed by atoms with van der Waals surface area (Å²) in [6.45, 7) is 0. The average Bonchev–Trinajstić information content (AvgIpc) is 2.47. The molecule has 2 aromatic carbocycles. The van der Waals surface area contributed by atoms with Crippen molar-refractivity contribution >= 4 is 15.9 Å². The fraction of sp³-hybridized carbons (Fsp3) is 0.294. The number of halogens is 1. The molecule has 3 rings (SSSR count). The standard InChI is InChI=1S/C17H17BrO/c1-19-15-10-7-12-3-2-4-16(17(12)11-15)13-5-8-14(18)9-6-13/h5-11,16H,2-4H2,1H3. The first-order valence-electron chi connectivity index (χ1n) is 6.70. The first-order chi connectivity index (χ1) is 9.28. The Balaban J connectivity index is 2.03. The molecule has 1 unspecified atom stereocenters. The monoisotopic (exact) mass is 316 g/mol. The fourth-order valence-electron chi connectivity index (χ4n) is 2.95. The molecule has 1 nitrogen and oxygen atoms in total. The van der Waals surface area contributed by atoms with E-state index in [1.807, 2.05) is 0 Å². The molecule has 1 aliphatic rings. The van der Waals surface area contributed by atoms with Crippen LogP contribution in [0.15, 0.2) is 46.9 Å². The Kier molecular flexibility index (Phi) is 3.61. The molecule has 98 valence electrons. The van der Waals surface area contributed by atoms with Crippen molar-refractivity contribution in [2.45, 2.75) is 25.2 Å². The highest BCUT2D eigenvalue weighted by Gasteiger charge is 2.22. The number of ether oxygens (including phenoxy) is 1. The van der Waals surface area contributed by atoms with E-state index in [9.17, 15) is 0 Å². The summed E-state index contributed by atoms with van der Waals surface area (Å²) in [5.41, 5.74) is 4.31. The predicted octanol–water partition coefficient (Wildman–Crippen LogP) is 4.93. The maximum atomic E-state index is 5.38. The van der Waals surface area contributed by atoms with Crippen LogP contribution in [0.25, 0.3) is 0 Å². The minimum atomic E-state index is 0.506.